The molecule has 144 heavy (non-hydrogen) atoms. The van der Waals surface area contributed by atoms with Crippen molar-refractivity contribution in [2.24, 2.45) is 33.9 Å². The lowest BCUT2D eigenvalue weighted by Crippen LogP contribution is -2.34. The van der Waals surface area contributed by atoms with Gasteiger partial charge in [-0.2, -0.15) is 0 Å². The number of ketones is 8. The zero-order valence-corrected chi connectivity index (χ0v) is 85.4. The summed E-state index contributed by atoms with van der Waals surface area (Å²) >= 11 is 3.38. The number of fused-ring (bicyclic) bond motifs is 4. The fourth-order valence-corrected chi connectivity index (χ4v) is 15.9. The maximum Gasteiger partial charge on any atom is 0.407 e. The summed E-state index contributed by atoms with van der Waals surface area (Å²) in [4.78, 5) is 180. The summed E-state index contributed by atoms with van der Waals surface area (Å²) in [7, 11) is 6.76. The van der Waals surface area contributed by atoms with E-state index in [9.17, 15) is 71.9 Å². The smallest absolute Gasteiger partial charge is 0.407 e. The number of amides is 3. The summed E-state index contributed by atoms with van der Waals surface area (Å²) in [5.74, 6) is 7.33. The zero-order chi connectivity index (χ0) is 101. The number of benzene rings is 4. The topological polar surface area (TPSA) is 526 Å². The first-order chi connectivity index (χ1) is 65.6. The highest BCUT2D eigenvalue weighted by Gasteiger charge is 2.36. The van der Waals surface area contributed by atoms with E-state index in [0.29, 0.717) is 199 Å². The average molecular weight is 2110 g/mol. The molecular weight excluding hydrogens is 1950 g/mol. The van der Waals surface area contributed by atoms with Gasteiger partial charge in [-0.05, 0) is 185 Å². The molecule has 4 saturated carbocycles. The molecule has 10 N–H and O–H groups in total. The number of aryl methyl sites for hydroxylation is 6. The highest BCUT2D eigenvalue weighted by atomic mass is 79.9. The largest absolute Gasteiger partial charge is 0.444 e. The fraction of sp³-hybridized carbons (Fsp3) is 0.578. The van der Waals surface area contributed by atoms with Crippen molar-refractivity contribution in [1.29, 1.82) is 0 Å². The van der Waals surface area contributed by atoms with Crippen LogP contribution in [0, 0.1) is 24.2 Å². The van der Waals surface area contributed by atoms with Gasteiger partial charge >= 0.3 is 41.0 Å². The number of terminal acetylenes is 1. The number of hydrogen-bond acceptors (Lipinski definition) is 28. The van der Waals surface area contributed by atoms with E-state index in [1.54, 1.807) is 85.4 Å². The number of imidazole rings is 4. The second-order valence-electron chi connectivity index (χ2n) is 36.3. The molecule has 0 aliphatic heterocycles. The number of carbonyl (C=O) groups excluding carboxylic acids is 11. The quantitative estimate of drug-likeness (QED) is 0.0104. The van der Waals surface area contributed by atoms with Crippen molar-refractivity contribution in [2.75, 3.05) is 132 Å². The molecular formula is C102H151BrClN13O27. The standard InChI is InChI=1S/C26H37N3O7.C26H33N3O7.C21H29N3O5.C14H13BrN2O3.C12H21NO4.3CH4.ClH.H3N.H2O/c2*1-26(2,3)36-24(32)27-11-13-35-15-14-34-12-5-6-18-7-9-20-22(16-18)28(4)25(33)29(20)21-10-8-19(30)17-23(21)31;1-23-19-13-15(3-2-9-28-11-12-29-10-8-22)4-6-17(19)24(21(23)27)18-7-5-16(25)14-20(18)26;1-16-12-6-8(15)2-4-10(12)17(14(16)20)11-5-3-9(18)7-13(11)19;1-5-7-15-9-10-16-8-6-13-11(14)17-12(2,3)4;;;;;;/h7,9,16,21H,5-6,8,10-15,17H2,1-4H3,(H,27,32);7,9,16,21H,8,10-15,17H2,1-4H3,(H,27,32);4,6,13,18H,2-3,5,7-12,14,22H2,1H3;2,4,6,11H,3,5,7H2,1H3;1H,6-10H2,2-4H3,(H,13,14);3*1H4;1H;1H3;1H2. The molecule has 12 rings (SSSR count). The number of rotatable bonds is 37. The molecule has 40 nitrogen and oxygen atoms in total. The Kier molecular flexibility index (Phi) is 56.4. The van der Waals surface area contributed by atoms with Crippen LogP contribution in [0.5, 0.6) is 0 Å². The number of carbonyl (C=O) groups is 11. The van der Waals surface area contributed by atoms with Gasteiger partial charge < -0.3 is 85.4 Å². The predicted octanol–water partition coefficient (Wildman–Crippen LogP) is 10.7. The molecule has 3 amide bonds. The first kappa shape index (κ1) is 129. The number of Topliss-reactive ketones (excluding diaryl/α,β-unsaturated/α-hetero) is 8. The minimum atomic E-state index is -0.612. The van der Waals surface area contributed by atoms with Crippen molar-refractivity contribution < 1.29 is 110 Å². The molecule has 800 valence electrons. The summed E-state index contributed by atoms with van der Waals surface area (Å²) < 4.78 is 71.4. The van der Waals surface area contributed by atoms with Gasteiger partial charge in [0.05, 0.1) is 173 Å². The van der Waals surface area contributed by atoms with Crippen molar-refractivity contribution in [3.8, 4) is 24.2 Å². The van der Waals surface area contributed by atoms with Gasteiger partial charge in [0.15, 0.2) is 23.1 Å². The first-order valence-corrected chi connectivity index (χ1v) is 47.2. The number of ether oxygens (including phenoxy) is 11. The number of hydrogen-bond donors (Lipinski definition) is 5. The minimum absolute atomic E-state index is 0. The van der Waals surface area contributed by atoms with E-state index in [-0.39, 0.29) is 148 Å². The Balaban J connectivity index is 0.000000617. The Bertz CT molecular complexity index is 5960. The van der Waals surface area contributed by atoms with Crippen molar-refractivity contribution in [3.63, 3.8) is 0 Å². The Hall–Kier alpha value is -11.4. The number of nitrogens with zero attached hydrogens (tertiary/aromatic N) is 8. The second-order valence-corrected chi connectivity index (χ2v) is 37.3. The predicted molar refractivity (Wildman–Crippen MR) is 555 cm³/mol. The Morgan fingerprint density at radius 2 is 0.667 bits per heavy atom. The van der Waals surface area contributed by atoms with Gasteiger partial charge in [-0.15, -0.1) is 18.8 Å². The lowest BCUT2D eigenvalue weighted by molar-refractivity contribution is -0.133. The summed E-state index contributed by atoms with van der Waals surface area (Å²) in [6.07, 6.45) is 9.39. The van der Waals surface area contributed by atoms with Crippen LogP contribution in [-0.2, 0) is 131 Å². The normalized spacial score (nSPS) is 15.7. The number of nitrogens with two attached hydrogens (primary N) is 1. The van der Waals surface area contributed by atoms with Crippen molar-refractivity contribution in [2.45, 2.75) is 228 Å². The molecule has 0 saturated heterocycles. The van der Waals surface area contributed by atoms with Crippen LogP contribution in [0.4, 0.5) is 14.4 Å². The molecule has 42 heteroatoms. The van der Waals surface area contributed by atoms with E-state index < -0.39 is 59.3 Å². The molecule has 4 unspecified atom stereocenters. The third-order valence-electron chi connectivity index (χ3n) is 22.0. The molecule has 4 fully saturated rings. The van der Waals surface area contributed by atoms with Gasteiger partial charge in [-0.25, -0.2) is 33.6 Å². The van der Waals surface area contributed by atoms with Gasteiger partial charge in [-0.1, -0.05) is 68.1 Å². The SMILES string of the molecule is C.C.C.C#CCOCCOCCNC(=O)OC(C)(C)C.Cl.Cn1c(=O)n(C2CCC(=O)CC2=O)c2ccc(Br)cc21.Cn1c(=O)n(C2CCC(=O)CC2=O)c2ccc(C#CCOCCOCCNC(=O)OC(C)(C)C)cc21.Cn1c(=O)n(C2CCC(=O)CC2=O)c2ccc(CCCOCCOCCN)cc21.Cn1c(=O)n(C2CCC(=O)CC2=O)c2ccc(CCCOCCOCCNC(=O)OC(C)(C)C)cc21.N.O. The van der Waals surface area contributed by atoms with Crippen LogP contribution in [0.2, 0.25) is 0 Å². The lowest BCUT2D eigenvalue weighted by atomic mass is 9.92. The van der Waals surface area contributed by atoms with Gasteiger partial charge in [0, 0.05) is 103 Å². The Labute approximate surface area is 855 Å². The number of alkyl carbamates (subject to hydrolysis) is 3. The van der Waals surface area contributed by atoms with Crippen molar-refractivity contribution in [1.82, 2.24) is 58.6 Å². The van der Waals surface area contributed by atoms with E-state index in [1.165, 1.54) is 18.3 Å². The first-order valence-electron chi connectivity index (χ1n) is 46.4. The number of halogens is 2. The highest BCUT2D eigenvalue weighted by molar-refractivity contribution is 9.10. The van der Waals surface area contributed by atoms with Crippen LogP contribution < -0.4 is 50.6 Å². The van der Waals surface area contributed by atoms with E-state index in [1.807, 2.05) is 96.1 Å². The summed E-state index contributed by atoms with van der Waals surface area (Å²) in [5.41, 5.74) is 11.6. The van der Waals surface area contributed by atoms with E-state index >= 15 is 0 Å². The van der Waals surface area contributed by atoms with Crippen molar-refractivity contribution in [3.05, 3.63) is 136 Å². The molecule has 4 aromatic heterocycles. The summed E-state index contributed by atoms with van der Waals surface area (Å²) in [6, 6.07) is 20.4. The molecule has 4 aromatic carbocycles. The summed E-state index contributed by atoms with van der Waals surface area (Å²) in [6.45, 7) is 24.9. The average Bonchev–Trinajstić information content (AvgIpc) is 1.63. The molecule has 4 atom stereocenters. The van der Waals surface area contributed by atoms with Crippen LogP contribution in [-0.4, -0.2) is 255 Å². The van der Waals surface area contributed by atoms with Crippen LogP contribution in [0.1, 0.15) is 215 Å². The minimum Gasteiger partial charge on any atom is -0.444 e. The van der Waals surface area contributed by atoms with Crippen LogP contribution in [0.3, 0.4) is 0 Å². The van der Waals surface area contributed by atoms with E-state index in [0.717, 1.165) is 68.9 Å². The molecule has 0 radical (unpaired) electrons. The van der Waals surface area contributed by atoms with Gasteiger partial charge in [-0.3, -0.25) is 74.9 Å². The van der Waals surface area contributed by atoms with Crippen molar-refractivity contribution >= 4 is 137 Å². The van der Waals surface area contributed by atoms with Gasteiger partial charge in [0.2, 0.25) is 0 Å². The van der Waals surface area contributed by atoms with E-state index in [2.05, 4.69) is 49.6 Å². The molecule has 4 heterocycles. The van der Waals surface area contributed by atoms with Gasteiger partial charge in [0.1, 0.15) is 53.1 Å². The number of aromatic nitrogens is 8. The maximum absolute atomic E-state index is 12.9. The molecule has 0 bridgehead atoms. The molecule has 4 aliphatic carbocycles. The zero-order valence-electron chi connectivity index (χ0n) is 83.0. The molecule has 0 spiro atoms. The number of nitrogens with one attached hydrogen (secondary N) is 3. The highest BCUT2D eigenvalue weighted by Crippen LogP contribution is 2.33. The molecule has 8 aromatic rings. The van der Waals surface area contributed by atoms with Crippen LogP contribution in [0.25, 0.3) is 44.1 Å². The Morgan fingerprint density at radius 1 is 0.389 bits per heavy atom. The second kappa shape index (κ2) is 63.1. The maximum atomic E-state index is 12.9. The van der Waals surface area contributed by atoms with Crippen LogP contribution in [0.15, 0.2) is 96.4 Å². The molecule has 4 aliphatic rings. The Morgan fingerprint density at radius 3 is 0.972 bits per heavy atom. The van der Waals surface area contributed by atoms with E-state index in [4.69, 9.17) is 64.3 Å². The van der Waals surface area contributed by atoms with Crippen LogP contribution >= 0.6 is 28.3 Å². The van der Waals surface area contributed by atoms with Gasteiger partial charge in [0.25, 0.3) is 0 Å². The third-order valence-corrected chi connectivity index (χ3v) is 22.5. The summed E-state index contributed by atoms with van der Waals surface area (Å²) in [5, 5.41) is 7.82. The monoisotopic (exact) mass is 2100 g/mol. The fourth-order valence-electron chi connectivity index (χ4n) is 15.6. The lowest BCUT2D eigenvalue weighted by Gasteiger charge is -2.21. The third kappa shape index (κ3) is 40.2.